The molecule has 0 fully saturated rings. The molecule has 0 saturated heterocycles. The summed E-state index contributed by atoms with van der Waals surface area (Å²) in [5.74, 6) is -0.878. The molecule has 0 aliphatic rings. The van der Waals surface area contributed by atoms with Crippen molar-refractivity contribution < 1.29 is 28.6 Å². The van der Waals surface area contributed by atoms with Gasteiger partial charge in [0.1, 0.15) is 13.2 Å². The summed E-state index contributed by atoms with van der Waals surface area (Å²) in [7, 11) is 0. The molecule has 394 valence electrons. The molecule has 6 heteroatoms. The normalized spacial score (nSPS) is 12.1. The van der Waals surface area contributed by atoms with Crippen LogP contribution in [0.25, 0.3) is 0 Å². The third-order valence-electron chi connectivity index (χ3n) is 13.4. The lowest BCUT2D eigenvalue weighted by Crippen LogP contribution is -2.30. The first kappa shape index (κ1) is 64.9. The molecule has 6 nitrogen and oxygen atoms in total. The Labute approximate surface area is 417 Å². The highest BCUT2D eigenvalue weighted by molar-refractivity contribution is 5.71. The van der Waals surface area contributed by atoms with Crippen molar-refractivity contribution in [1.29, 1.82) is 0 Å². The first-order chi connectivity index (χ1) is 33.0. The second kappa shape index (κ2) is 56.5. The summed E-state index contributed by atoms with van der Waals surface area (Å²) >= 11 is 0. The molecule has 0 aliphatic carbocycles. The molecule has 0 bridgehead atoms. The summed E-state index contributed by atoms with van der Waals surface area (Å²) < 4.78 is 16.8. The number of allylic oxidation sites excluding steroid dienone is 4. The smallest absolute Gasteiger partial charge is 0.306 e. The SMILES string of the molecule is CCC/C=C\C/C=C\CCCCCCCC(=O)OC(COC(=O)CCCCCCCCC)COC(=O)CCCCCCCCCCCCCCCCCCCCCCCCCCCCCCC. The standard InChI is InChI=1S/C61H114O6/c1-4-7-10-13-16-18-20-22-23-24-25-26-27-28-29-30-31-32-33-34-35-36-37-39-40-42-45-48-51-54-60(63)66-57-58(56-65-59(62)53-50-47-44-15-12-9-6-3)67-61(64)55-52-49-46-43-41-38-21-19-17-14-11-8-5-2/h11,14,19,21,58H,4-10,12-13,15-18,20,22-57H2,1-3H3/b14-11-,21-19-. The third kappa shape index (κ3) is 54.7. The van der Waals surface area contributed by atoms with Gasteiger partial charge < -0.3 is 14.2 Å². The summed E-state index contributed by atoms with van der Waals surface area (Å²) in [6.45, 7) is 6.56. The minimum Gasteiger partial charge on any atom is -0.462 e. The van der Waals surface area contributed by atoms with E-state index in [0.29, 0.717) is 19.3 Å². The van der Waals surface area contributed by atoms with Crippen LogP contribution < -0.4 is 0 Å². The molecule has 0 radical (unpaired) electrons. The van der Waals surface area contributed by atoms with Gasteiger partial charge in [0.15, 0.2) is 6.10 Å². The monoisotopic (exact) mass is 943 g/mol. The number of hydrogen-bond donors (Lipinski definition) is 0. The summed E-state index contributed by atoms with van der Waals surface area (Å²) in [5.41, 5.74) is 0. The van der Waals surface area contributed by atoms with Gasteiger partial charge in [-0.2, -0.15) is 0 Å². The molecule has 0 aromatic carbocycles. The fourth-order valence-corrected chi connectivity index (χ4v) is 8.95. The molecule has 0 aromatic rings. The van der Waals surface area contributed by atoms with Crippen molar-refractivity contribution in [3.05, 3.63) is 24.3 Å². The van der Waals surface area contributed by atoms with Gasteiger partial charge in [-0.15, -0.1) is 0 Å². The summed E-state index contributed by atoms with van der Waals surface area (Å²) in [6, 6.07) is 0. The van der Waals surface area contributed by atoms with E-state index >= 15 is 0 Å². The predicted octanol–water partition coefficient (Wildman–Crippen LogP) is 19.9. The van der Waals surface area contributed by atoms with Crippen LogP contribution in [0.3, 0.4) is 0 Å². The van der Waals surface area contributed by atoms with Gasteiger partial charge in [0.25, 0.3) is 0 Å². The first-order valence-electron chi connectivity index (χ1n) is 29.8. The number of ether oxygens (including phenoxy) is 3. The first-order valence-corrected chi connectivity index (χ1v) is 29.8. The fourth-order valence-electron chi connectivity index (χ4n) is 8.95. The van der Waals surface area contributed by atoms with Crippen LogP contribution in [-0.2, 0) is 28.6 Å². The van der Waals surface area contributed by atoms with Crippen molar-refractivity contribution in [2.45, 2.75) is 335 Å². The Morgan fingerprint density at radius 3 is 0.881 bits per heavy atom. The van der Waals surface area contributed by atoms with E-state index in [0.717, 1.165) is 89.9 Å². The van der Waals surface area contributed by atoms with Gasteiger partial charge in [0, 0.05) is 19.3 Å². The van der Waals surface area contributed by atoms with Crippen LogP contribution in [0.4, 0.5) is 0 Å². The van der Waals surface area contributed by atoms with Crippen LogP contribution >= 0.6 is 0 Å². The Morgan fingerprint density at radius 2 is 0.567 bits per heavy atom. The quantitative estimate of drug-likeness (QED) is 0.0262. The zero-order chi connectivity index (χ0) is 48.6. The van der Waals surface area contributed by atoms with Gasteiger partial charge in [0.2, 0.25) is 0 Å². The van der Waals surface area contributed by atoms with Crippen LogP contribution in [0.5, 0.6) is 0 Å². The van der Waals surface area contributed by atoms with Crippen molar-refractivity contribution >= 4 is 17.9 Å². The van der Waals surface area contributed by atoms with E-state index in [2.05, 4.69) is 45.1 Å². The summed E-state index contributed by atoms with van der Waals surface area (Å²) in [6.07, 6.45) is 66.5. The Kier molecular flexibility index (Phi) is 54.7. The number of carbonyl (C=O) groups excluding carboxylic acids is 3. The van der Waals surface area contributed by atoms with Crippen LogP contribution in [-0.4, -0.2) is 37.2 Å². The summed E-state index contributed by atoms with van der Waals surface area (Å²) in [5, 5.41) is 0. The van der Waals surface area contributed by atoms with Crippen LogP contribution in [0.2, 0.25) is 0 Å². The topological polar surface area (TPSA) is 78.9 Å². The second-order valence-electron chi connectivity index (χ2n) is 20.3. The molecule has 0 aromatic heterocycles. The molecule has 0 rings (SSSR count). The van der Waals surface area contributed by atoms with Crippen molar-refractivity contribution in [2.75, 3.05) is 13.2 Å². The highest BCUT2D eigenvalue weighted by Gasteiger charge is 2.19. The molecule has 1 atom stereocenters. The number of carbonyl (C=O) groups is 3. The van der Waals surface area contributed by atoms with E-state index in [-0.39, 0.29) is 31.1 Å². The third-order valence-corrected chi connectivity index (χ3v) is 13.4. The maximum absolute atomic E-state index is 12.8. The average Bonchev–Trinajstić information content (AvgIpc) is 3.33. The Hall–Kier alpha value is -2.11. The second-order valence-corrected chi connectivity index (χ2v) is 20.3. The predicted molar refractivity (Wildman–Crippen MR) is 289 cm³/mol. The fraction of sp³-hybridized carbons (Fsp3) is 0.885. The van der Waals surface area contributed by atoms with E-state index < -0.39 is 6.10 Å². The van der Waals surface area contributed by atoms with Gasteiger partial charge in [0.05, 0.1) is 0 Å². The number of hydrogen-bond acceptors (Lipinski definition) is 6. The Balaban J connectivity index is 3.98. The number of rotatable bonds is 55. The molecule has 67 heavy (non-hydrogen) atoms. The average molecular weight is 944 g/mol. The van der Waals surface area contributed by atoms with Crippen LogP contribution in [0.1, 0.15) is 329 Å². The van der Waals surface area contributed by atoms with Crippen molar-refractivity contribution in [1.82, 2.24) is 0 Å². The lowest BCUT2D eigenvalue weighted by atomic mass is 10.0. The minimum atomic E-state index is -0.772. The molecular weight excluding hydrogens is 829 g/mol. The zero-order valence-electron chi connectivity index (χ0n) is 45.2. The number of unbranched alkanes of at least 4 members (excludes halogenated alkanes) is 40. The van der Waals surface area contributed by atoms with E-state index in [1.807, 2.05) is 0 Å². The van der Waals surface area contributed by atoms with E-state index in [9.17, 15) is 14.4 Å². The van der Waals surface area contributed by atoms with Crippen LogP contribution in [0.15, 0.2) is 24.3 Å². The lowest BCUT2D eigenvalue weighted by Gasteiger charge is -2.18. The molecule has 0 amide bonds. The van der Waals surface area contributed by atoms with E-state index in [1.165, 1.54) is 199 Å². The maximum atomic E-state index is 12.8. The molecule has 0 N–H and O–H groups in total. The van der Waals surface area contributed by atoms with Crippen molar-refractivity contribution in [3.8, 4) is 0 Å². The molecule has 0 spiro atoms. The molecule has 0 saturated carbocycles. The largest absolute Gasteiger partial charge is 0.462 e. The van der Waals surface area contributed by atoms with Crippen LogP contribution in [0, 0.1) is 0 Å². The van der Waals surface area contributed by atoms with Gasteiger partial charge in [-0.3, -0.25) is 14.4 Å². The lowest BCUT2D eigenvalue weighted by molar-refractivity contribution is -0.167. The van der Waals surface area contributed by atoms with E-state index in [1.54, 1.807) is 0 Å². The Bertz CT molecular complexity index is 1080. The molecular formula is C61H114O6. The summed E-state index contributed by atoms with van der Waals surface area (Å²) in [4.78, 5) is 37.9. The van der Waals surface area contributed by atoms with E-state index in [4.69, 9.17) is 14.2 Å². The molecule has 0 aliphatic heterocycles. The highest BCUT2D eigenvalue weighted by atomic mass is 16.6. The van der Waals surface area contributed by atoms with Crippen molar-refractivity contribution in [3.63, 3.8) is 0 Å². The van der Waals surface area contributed by atoms with Gasteiger partial charge >= 0.3 is 17.9 Å². The van der Waals surface area contributed by atoms with Gasteiger partial charge in [-0.1, -0.05) is 289 Å². The van der Waals surface area contributed by atoms with Crippen molar-refractivity contribution in [2.24, 2.45) is 0 Å². The minimum absolute atomic E-state index is 0.0727. The van der Waals surface area contributed by atoms with Gasteiger partial charge in [-0.25, -0.2) is 0 Å². The Morgan fingerprint density at radius 1 is 0.299 bits per heavy atom. The number of esters is 3. The van der Waals surface area contributed by atoms with Gasteiger partial charge in [-0.05, 0) is 44.9 Å². The highest BCUT2D eigenvalue weighted by Crippen LogP contribution is 2.18. The zero-order valence-corrected chi connectivity index (χ0v) is 45.2. The molecule has 0 heterocycles. The molecule has 1 unspecified atom stereocenters. The maximum Gasteiger partial charge on any atom is 0.306 e.